The molecule has 0 N–H and O–H groups in total. The number of ether oxygens (including phenoxy) is 2. The van der Waals surface area contributed by atoms with E-state index in [2.05, 4.69) is 9.97 Å². The molecule has 1 aromatic heterocycles. The largest absolute Gasteiger partial charge is 0.493 e. The molecule has 0 aliphatic rings. The summed E-state index contributed by atoms with van der Waals surface area (Å²) in [6.45, 7) is 4.78. The molecule has 0 spiro atoms. The van der Waals surface area contributed by atoms with E-state index in [4.69, 9.17) is 9.47 Å². The van der Waals surface area contributed by atoms with Gasteiger partial charge in [0.15, 0.2) is 5.82 Å². The van der Waals surface area contributed by atoms with Gasteiger partial charge in [-0.2, -0.15) is 18.2 Å². The van der Waals surface area contributed by atoms with E-state index in [0.29, 0.717) is 24.0 Å². The third kappa shape index (κ3) is 6.10. The van der Waals surface area contributed by atoms with Crippen LogP contribution >= 0.6 is 0 Å². The average molecular weight is 431 g/mol. The molecule has 2 aromatic carbocycles. The SMILES string of the molecule is CC(C)COc1ccc(N(C)c2nc(OCc3ccccc3)ncc2C(F)(F)F)cc1. The van der Waals surface area contributed by atoms with Crippen LogP contribution < -0.4 is 14.4 Å². The summed E-state index contributed by atoms with van der Waals surface area (Å²) >= 11 is 0. The normalized spacial score (nSPS) is 11.5. The number of alkyl halides is 3. The molecule has 0 unspecified atom stereocenters. The molecule has 0 fully saturated rings. The van der Waals surface area contributed by atoms with Crippen LogP contribution in [0.1, 0.15) is 25.0 Å². The van der Waals surface area contributed by atoms with Crippen molar-refractivity contribution in [2.45, 2.75) is 26.6 Å². The number of rotatable bonds is 8. The van der Waals surface area contributed by atoms with Crippen LogP contribution in [-0.2, 0) is 12.8 Å². The first-order valence-electron chi connectivity index (χ1n) is 9.81. The van der Waals surface area contributed by atoms with Crippen LogP contribution in [0.15, 0.2) is 60.8 Å². The molecule has 0 saturated carbocycles. The van der Waals surface area contributed by atoms with Crippen LogP contribution in [-0.4, -0.2) is 23.6 Å². The molecular formula is C23H24F3N3O2. The maximum Gasteiger partial charge on any atom is 0.421 e. The summed E-state index contributed by atoms with van der Waals surface area (Å²) in [4.78, 5) is 9.16. The molecule has 31 heavy (non-hydrogen) atoms. The van der Waals surface area contributed by atoms with Crippen LogP contribution in [0.5, 0.6) is 11.8 Å². The summed E-state index contributed by atoms with van der Waals surface area (Å²) in [6.07, 6.45) is -3.86. The molecule has 3 aromatic rings. The predicted octanol–water partition coefficient (Wildman–Crippen LogP) is 5.88. The first-order chi connectivity index (χ1) is 14.7. The zero-order chi connectivity index (χ0) is 22.4. The maximum absolute atomic E-state index is 13.6. The third-order valence-electron chi connectivity index (χ3n) is 4.39. The number of anilines is 2. The van der Waals surface area contributed by atoms with Crippen molar-refractivity contribution in [3.63, 3.8) is 0 Å². The van der Waals surface area contributed by atoms with Crippen LogP contribution in [0.2, 0.25) is 0 Å². The predicted molar refractivity (Wildman–Crippen MR) is 113 cm³/mol. The summed E-state index contributed by atoms with van der Waals surface area (Å²) in [7, 11) is 1.52. The second-order valence-corrected chi connectivity index (χ2v) is 7.42. The number of aromatic nitrogens is 2. The van der Waals surface area contributed by atoms with Crippen molar-refractivity contribution < 1.29 is 22.6 Å². The van der Waals surface area contributed by atoms with E-state index in [1.807, 2.05) is 44.2 Å². The topological polar surface area (TPSA) is 47.5 Å². The number of hydrogen-bond donors (Lipinski definition) is 0. The highest BCUT2D eigenvalue weighted by Crippen LogP contribution is 2.38. The molecule has 5 nitrogen and oxygen atoms in total. The van der Waals surface area contributed by atoms with E-state index in [9.17, 15) is 13.2 Å². The van der Waals surface area contributed by atoms with E-state index < -0.39 is 11.7 Å². The summed E-state index contributed by atoms with van der Waals surface area (Å²) in [6, 6.07) is 15.9. The fourth-order valence-corrected chi connectivity index (χ4v) is 2.76. The van der Waals surface area contributed by atoms with Crippen molar-refractivity contribution in [2.75, 3.05) is 18.6 Å². The molecule has 0 amide bonds. The summed E-state index contributed by atoms with van der Waals surface area (Å²) < 4.78 is 51.9. The van der Waals surface area contributed by atoms with E-state index in [0.717, 1.165) is 11.8 Å². The number of benzene rings is 2. The van der Waals surface area contributed by atoms with Crippen molar-refractivity contribution in [3.8, 4) is 11.8 Å². The molecule has 8 heteroatoms. The Bertz CT molecular complexity index is 978. The van der Waals surface area contributed by atoms with Gasteiger partial charge < -0.3 is 14.4 Å². The van der Waals surface area contributed by atoms with E-state index >= 15 is 0 Å². The second kappa shape index (κ2) is 9.68. The fraction of sp³-hybridized carbons (Fsp3) is 0.304. The molecule has 0 bridgehead atoms. The van der Waals surface area contributed by atoms with Crippen LogP contribution in [0.4, 0.5) is 24.7 Å². The lowest BCUT2D eigenvalue weighted by atomic mass is 10.2. The zero-order valence-corrected chi connectivity index (χ0v) is 17.6. The monoisotopic (exact) mass is 431 g/mol. The first kappa shape index (κ1) is 22.4. The maximum atomic E-state index is 13.6. The third-order valence-corrected chi connectivity index (χ3v) is 4.39. The van der Waals surface area contributed by atoms with Crippen molar-refractivity contribution >= 4 is 11.5 Å². The lowest BCUT2D eigenvalue weighted by molar-refractivity contribution is -0.137. The standard InChI is InChI=1S/C23H24F3N3O2/c1-16(2)14-30-19-11-9-18(10-12-19)29(3)21-20(23(24,25)26)13-27-22(28-21)31-15-17-7-5-4-6-8-17/h4-13,16H,14-15H2,1-3H3. The van der Waals surface area contributed by atoms with Gasteiger partial charge in [0.05, 0.1) is 6.61 Å². The van der Waals surface area contributed by atoms with Gasteiger partial charge >= 0.3 is 12.2 Å². The van der Waals surface area contributed by atoms with Crippen LogP contribution in [0.25, 0.3) is 0 Å². The highest BCUT2D eigenvalue weighted by atomic mass is 19.4. The molecular weight excluding hydrogens is 407 g/mol. The van der Waals surface area contributed by atoms with Crippen LogP contribution in [0, 0.1) is 5.92 Å². The molecule has 3 rings (SSSR count). The van der Waals surface area contributed by atoms with E-state index in [1.165, 1.54) is 11.9 Å². The Kier molecular flexibility index (Phi) is 6.99. The summed E-state index contributed by atoms with van der Waals surface area (Å²) in [5.74, 6) is 0.727. The second-order valence-electron chi connectivity index (χ2n) is 7.42. The van der Waals surface area contributed by atoms with Gasteiger partial charge in [0.25, 0.3) is 0 Å². The van der Waals surface area contributed by atoms with Crippen LogP contribution in [0.3, 0.4) is 0 Å². The van der Waals surface area contributed by atoms with E-state index in [1.54, 1.807) is 24.3 Å². The van der Waals surface area contributed by atoms with Gasteiger partial charge in [0.2, 0.25) is 0 Å². The number of nitrogens with zero attached hydrogens (tertiary/aromatic N) is 3. The van der Waals surface area contributed by atoms with E-state index in [-0.39, 0.29) is 18.4 Å². The van der Waals surface area contributed by atoms with Gasteiger partial charge in [0.1, 0.15) is 17.9 Å². The van der Waals surface area contributed by atoms with Crippen molar-refractivity contribution in [1.82, 2.24) is 9.97 Å². The Hall–Kier alpha value is -3.29. The minimum absolute atomic E-state index is 0.129. The highest BCUT2D eigenvalue weighted by Gasteiger charge is 2.36. The van der Waals surface area contributed by atoms with Gasteiger partial charge in [-0.1, -0.05) is 44.2 Å². The minimum atomic E-state index is -4.61. The minimum Gasteiger partial charge on any atom is -0.493 e. The Morgan fingerprint density at radius 1 is 0.968 bits per heavy atom. The summed E-state index contributed by atoms with van der Waals surface area (Å²) in [5, 5.41) is 0. The number of halogens is 3. The smallest absolute Gasteiger partial charge is 0.421 e. The average Bonchev–Trinajstić information content (AvgIpc) is 2.76. The van der Waals surface area contributed by atoms with Crippen molar-refractivity contribution in [3.05, 3.63) is 71.9 Å². The van der Waals surface area contributed by atoms with Gasteiger partial charge in [-0.25, -0.2) is 4.98 Å². The fourth-order valence-electron chi connectivity index (χ4n) is 2.76. The van der Waals surface area contributed by atoms with Gasteiger partial charge in [-0.3, -0.25) is 0 Å². The van der Waals surface area contributed by atoms with Crippen molar-refractivity contribution in [2.24, 2.45) is 5.92 Å². The molecule has 0 aliphatic carbocycles. The molecule has 1 heterocycles. The Morgan fingerprint density at radius 2 is 1.65 bits per heavy atom. The Labute approximate surface area is 179 Å². The summed E-state index contributed by atoms with van der Waals surface area (Å²) in [5.41, 5.74) is 0.440. The molecule has 0 saturated heterocycles. The Morgan fingerprint density at radius 3 is 2.26 bits per heavy atom. The molecule has 164 valence electrons. The lowest BCUT2D eigenvalue weighted by Gasteiger charge is -2.23. The van der Waals surface area contributed by atoms with Gasteiger partial charge in [0, 0.05) is 18.9 Å². The van der Waals surface area contributed by atoms with Crippen molar-refractivity contribution in [1.29, 1.82) is 0 Å². The van der Waals surface area contributed by atoms with Gasteiger partial charge in [-0.15, -0.1) is 0 Å². The quantitative estimate of drug-likeness (QED) is 0.446. The first-order valence-corrected chi connectivity index (χ1v) is 9.81. The lowest BCUT2D eigenvalue weighted by Crippen LogP contribution is -2.19. The van der Waals surface area contributed by atoms with Gasteiger partial charge in [-0.05, 0) is 35.7 Å². The Balaban J connectivity index is 1.84. The molecule has 0 atom stereocenters. The number of hydrogen-bond acceptors (Lipinski definition) is 5. The molecule has 0 radical (unpaired) electrons. The zero-order valence-electron chi connectivity index (χ0n) is 17.6. The molecule has 0 aliphatic heterocycles. The highest BCUT2D eigenvalue weighted by molar-refractivity contribution is 5.63.